The lowest BCUT2D eigenvalue weighted by atomic mass is 9.98. The molecule has 4 saturated heterocycles. The number of nitrogens with zero attached hydrogens (tertiary/aromatic N) is 12. The maximum Gasteiger partial charge on any atom is 0.262 e. The number of sulfonamides is 1. The van der Waals surface area contributed by atoms with Gasteiger partial charge in [0.15, 0.2) is 0 Å². The van der Waals surface area contributed by atoms with Crippen LogP contribution in [0.2, 0.25) is 0 Å². The van der Waals surface area contributed by atoms with Crippen LogP contribution in [0.15, 0.2) is 77.9 Å². The molecule has 5 amide bonds. The Labute approximate surface area is 458 Å². The first-order chi connectivity index (χ1) is 37.5. The second kappa shape index (κ2) is 21.2. The number of imide groups is 2. The molecule has 8 heterocycles. The quantitative estimate of drug-likeness (QED) is 0.123. The van der Waals surface area contributed by atoms with Crippen molar-refractivity contribution in [3.63, 3.8) is 0 Å². The van der Waals surface area contributed by atoms with Gasteiger partial charge in [-0.2, -0.15) is 10.1 Å². The molecular weight excluding hydrogens is 1090 g/mol. The monoisotopic (exact) mass is 1140 g/mol. The van der Waals surface area contributed by atoms with E-state index in [4.69, 9.17) is 9.72 Å². The van der Waals surface area contributed by atoms with Gasteiger partial charge in [-0.1, -0.05) is 0 Å². The molecule has 23 nitrogen and oxygen atoms in total. The number of rotatable bonds is 14. The van der Waals surface area contributed by atoms with Crippen LogP contribution < -0.4 is 34.8 Å². The maximum atomic E-state index is 13.8. The smallest absolute Gasteiger partial charge is 0.262 e. The van der Waals surface area contributed by atoms with Crippen molar-refractivity contribution in [1.29, 1.82) is 0 Å². The lowest BCUT2D eigenvalue weighted by Crippen LogP contribution is -2.54. The maximum absolute atomic E-state index is 13.8. The number of anilines is 7. The molecule has 4 fully saturated rings. The molecule has 5 aliphatic rings. The summed E-state index contributed by atoms with van der Waals surface area (Å²) in [7, 11) is 1.28. The second-order valence-electron chi connectivity index (χ2n) is 20.3. The third-order valence-corrected chi connectivity index (χ3v) is 17.3. The average molecular weight is 1150 g/mol. The Balaban J connectivity index is 0.712. The Morgan fingerprint density at radius 2 is 1.60 bits per heavy atom. The van der Waals surface area contributed by atoms with E-state index in [2.05, 4.69) is 66.6 Å². The van der Waals surface area contributed by atoms with Crippen LogP contribution in [-0.4, -0.2) is 167 Å². The first kappa shape index (κ1) is 52.3. The van der Waals surface area contributed by atoms with Crippen LogP contribution in [0.25, 0.3) is 22.2 Å². The minimum atomic E-state index is -3.69. The van der Waals surface area contributed by atoms with Gasteiger partial charge in [0, 0.05) is 139 Å². The number of amides is 5. The fourth-order valence-electron chi connectivity index (χ4n) is 11.3. The van der Waals surface area contributed by atoms with Crippen LogP contribution in [0.1, 0.15) is 59.2 Å². The van der Waals surface area contributed by atoms with Gasteiger partial charge >= 0.3 is 0 Å². The summed E-state index contributed by atoms with van der Waals surface area (Å²) in [6.07, 6.45) is 12.9. The van der Waals surface area contributed by atoms with Crippen molar-refractivity contribution in [2.24, 2.45) is 13.0 Å². The zero-order valence-electron chi connectivity index (χ0n) is 43.5. The van der Waals surface area contributed by atoms with Crippen molar-refractivity contribution in [2.45, 2.75) is 50.6 Å². The zero-order valence-corrected chi connectivity index (χ0v) is 45.9. The molecule has 2 atom stereocenters. The molecule has 3 aromatic carbocycles. The molecule has 3 N–H and O–H groups in total. The molecule has 3 aromatic heterocycles. The number of carbonyl (C=O) groups excluding carboxylic acids is 5. The van der Waals surface area contributed by atoms with E-state index in [0.717, 1.165) is 83.4 Å². The van der Waals surface area contributed by atoms with E-state index in [1.165, 1.54) is 13.2 Å². The van der Waals surface area contributed by atoms with Gasteiger partial charge < -0.3 is 30.1 Å². The predicted octanol–water partition coefficient (Wildman–Crippen LogP) is 4.91. The number of piperazine rings is 1. The molecule has 2 unspecified atom stereocenters. The van der Waals surface area contributed by atoms with Crippen LogP contribution >= 0.6 is 15.9 Å². The van der Waals surface area contributed by atoms with Gasteiger partial charge in [-0.15, -0.1) is 0 Å². The van der Waals surface area contributed by atoms with Gasteiger partial charge in [-0.3, -0.25) is 58.0 Å². The Morgan fingerprint density at radius 3 is 2.33 bits per heavy atom. The number of aryl methyl sites for hydroxylation is 1. The van der Waals surface area contributed by atoms with E-state index in [9.17, 15) is 32.4 Å². The topological polar surface area (TPSA) is 254 Å². The van der Waals surface area contributed by atoms with Crippen molar-refractivity contribution < 1.29 is 37.1 Å². The predicted molar refractivity (Wildman–Crippen MR) is 296 cm³/mol. The summed E-state index contributed by atoms with van der Waals surface area (Å²) in [6, 6.07) is 12.1. The van der Waals surface area contributed by atoms with E-state index in [-0.39, 0.29) is 41.7 Å². The molecule has 406 valence electrons. The Kier molecular flexibility index (Phi) is 14.2. The van der Waals surface area contributed by atoms with E-state index in [1.54, 1.807) is 48.5 Å². The van der Waals surface area contributed by atoms with Gasteiger partial charge in [0.2, 0.25) is 33.7 Å². The highest BCUT2D eigenvalue weighted by atomic mass is 79.9. The molecule has 0 spiro atoms. The molecule has 25 heteroatoms. The minimum absolute atomic E-state index is 0.0591. The molecule has 6 aromatic rings. The van der Waals surface area contributed by atoms with Gasteiger partial charge in [0.25, 0.3) is 11.8 Å². The first-order valence-electron chi connectivity index (χ1n) is 25.8. The van der Waals surface area contributed by atoms with Gasteiger partial charge in [0.1, 0.15) is 28.8 Å². The van der Waals surface area contributed by atoms with Crippen molar-refractivity contribution in [3.05, 3.63) is 89.0 Å². The standard InChI is InChI=1S/C53H58BrN15O8S/c1-63-30-32(27-58-63)36-25-41(60-53-57-28-38(54)49(62-53)59-40-8-7-39-47(56-15-14-55-39)48(40)64(2)78(4,75)76)44(77-3)26-43(36)66-17-12-33(13-18-66)65-19-21-67(22-20-65)46(71)23-31-11-16-68(29-31)34-5-6-35-37(24-34)52(74)69(51(35)73)42-9-10-45(70)61-50(42)72/h5-8,14-15,24-28,30-31,33,42H,9-13,16-23,29H2,1-4H3,(H,61,70,72)(H2,57,59,60,62). The number of fused-ring (bicyclic) bond motifs is 2. The number of carbonyl (C=O) groups is 5. The Morgan fingerprint density at radius 1 is 0.846 bits per heavy atom. The molecule has 0 aliphatic carbocycles. The van der Waals surface area contributed by atoms with E-state index in [0.29, 0.717) is 82.8 Å². The fraction of sp³-hybridized carbons (Fsp3) is 0.396. The molecule has 0 radical (unpaired) electrons. The number of benzene rings is 3. The van der Waals surface area contributed by atoms with Crippen molar-refractivity contribution in [3.8, 4) is 16.9 Å². The van der Waals surface area contributed by atoms with Crippen LogP contribution in [0.5, 0.6) is 5.75 Å². The van der Waals surface area contributed by atoms with Crippen LogP contribution in [0, 0.1) is 5.92 Å². The van der Waals surface area contributed by atoms with Gasteiger partial charge in [0.05, 0.1) is 52.1 Å². The summed E-state index contributed by atoms with van der Waals surface area (Å²) >= 11 is 3.57. The summed E-state index contributed by atoms with van der Waals surface area (Å²) in [4.78, 5) is 93.0. The molecule has 78 heavy (non-hydrogen) atoms. The molecule has 11 rings (SSSR count). The first-order valence-corrected chi connectivity index (χ1v) is 28.5. The summed E-state index contributed by atoms with van der Waals surface area (Å²) in [5, 5.41) is 13.4. The highest BCUT2D eigenvalue weighted by Crippen LogP contribution is 2.43. The van der Waals surface area contributed by atoms with E-state index in [1.807, 2.05) is 42.5 Å². The number of methoxy groups -OCH3 is 1. The van der Waals surface area contributed by atoms with Crippen LogP contribution in [0.3, 0.4) is 0 Å². The van der Waals surface area contributed by atoms with Gasteiger partial charge in [-0.05, 0) is 83.9 Å². The largest absolute Gasteiger partial charge is 0.494 e. The third kappa shape index (κ3) is 10.3. The minimum Gasteiger partial charge on any atom is -0.494 e. The highest BCUT2D eigenvalue weighted by molar-refractivity contribution is 9.10. The SMILES string of the molecule is COc1cc(N2CCC(N3CCN(C(=O)CC4CCN(c5ccc6c(c5)C(=O)N(C5CCC(=O)NC5=O)C6=O)C4)CC3)CC2)c(-c2cnn(C)c2)cc1Nc1ncc(Br)c(Nc2ccc3nccnc3c2N(C)S(C)(=O)=O)n1. The van der Waals surface area contributed by atoms with Crippen molar-refractivity contribution in [2.75, 3.05) is 97.5 Å². The number of hydrogen-bond donors (Lipinski definition) is 3. The summed E-state index contributed by atoms with van der Waals surface area (Å²) in [6.45, 7) is 5.89. The third-order valence-electron chi connectivity index (χ3n) is 15.5. The molecule has 5 aliphatic heterocycles. The lowest BCUT2D eigenvalue weighted by molar-refractivity contribution is -0.136. The number of hydrogen-bond acceptors (Lipinski definition) is 18. The second-order valence-corrected chi connectivity index (χ2v) is 23.2. The number of ether oxygens (including phenoxy) is 1. The summed E-state index contributed by atoms with van der Waals surface area (Å²) in [5.74, 6) is -0.634. The van der Waals surface area contributed by atoms with Crippen LogP contribution in [-0.2, 0) is 31.5 Å². The van der Waals surface area contributed by atoms with Gasteiger partial charge in [-0.25, -0.2) is 13.4 Å². The number of aromatic nitrogens is 6. The number of halogens is 1. The van der Waals surface area contributed by atoms with Crippen molar-refractivity contribution in [1.82, 2.24) is 49.7 Å². The molecule has 0 bridgehead atoms. The fourth-order valence-corrected chi connectivity index (χ4v) is 12.1. The average Bonchev–Trinajstić information content (AvgIpc) is 4.24. The summed E-state index contributed by atoms with van der Waals surface area (Å²) < 4.78 is 35.1. The lowest BCUT2D eigenvalue weighted by Gasteiger charge is -2.43. The zero-order chi connectivity index (χ0) is 54.6. The Bertz CT molecular complexity index is 3510. The summed E-state index contributed by atoms with van der Waals surface area (Å²) in [5.41, 5.74) is 6.45. The number of piperidine rings is 2. The normalized spacial score (nSPS) is 19.4. The van der Waals surface area contributed by atoms with E-state index < -0.39 is 39.7 Å². The highest BCUT2D eigenvalue weighted by Gasteiger charge is 2.45. The van der Waals surface area contributed by atoms with Crippen LogP contribution in [0.4, 0.5) is 40.2 Å². The molecule has 0 saturated carbocycles. The molecular formula is C53H58BrN15O8S. The van der Waals surface area contributed by atoms with E-state index >= 15 is 0 Å². The van der Waals surface area contributed by atoms with Crippen molar-refractivity contribution >= 4 is 107 Å². The number of nitrogens with one attached hydrogen (secondary N) is 3. The Hall–Kier alpha value is -7.77.